The van der Waals surface area contributed by atoms with Gasteiger partial charge in [-0.2, -0.15) is 0 Å². The topological polar surface area (TPSA) is 138 Å². The number of fused-ring (bicyclic) bond motifs is 1. The number of aromatic nitrogens is 1. The lowest BCUT2D eigenvalue weighted by atomic mass is 9.99. The molecule has 10 nitrogen and oxygen atoms in total. The van der Waals surface area contributed by atoms with E-state index in [1.807, 2.05) is 91.0 Å². The minimum absolute atomic E-state index is 0.0631. The number of Topliss-reactive ketones (excluding diaryl/α,β-unsaturated/α-hetero) is 1. The van der Waals surface area contributed by atoms with Gasteiger partial charge < -0.3 is 25.8 Å². The lowest BCUT2D eigenvalue weighted by Crippen LogP contribution is -2.57. The Labute approximate surface area is 284 Å². The van der Waals surface area contributed by atoms with Crippen LogP contribution >= 0.6 is 0 Å². The first-order valence-corrected chi connectivity index (χ1v) is 16.1. The van der Waals surface area contributed by atoms with Crippen LogP contribution in [0.1, 0.15) is 34.1 Å². The standard InChI is InChI=1S/C39H39N5O5/c1-26(41-38(48)34-24-30-20-12-13-21-33(30)44(34)2)36(46)43-32(23-28-16-8-4-9-17-28)37(47)42-31(22-27-14-6-3-7-15-27)35(45)39(49)40-25-29-18-10-5-11-19-29/h3-21,24,26,31-32H,22-23,25H2,1-2H3,(H,40,49)(H,41,48)(H,42,47)(H,43,46)/t26-,31-,32-/m0/s1. The monoisotopic (exact) mass is 657 g/mol. The highest BCUT2D eigenvalue weighted by molar-refractivity contribution is 6.38. The average Bonchev–Trinajstić information content (AvgIpc) is 3.47. The molecule has 1 heterocycles. The molecule has 0 saturated carbocycles. The normalized spacial score (nSPS) is 12.7. The van der Waals surface area contributed by atoms with E-state index < -0.39 is 47.5 Å². The average molecular weight is 658 g/mol. The molecule has 0 saturated heterocycles. The van der Waals surface area contributed by atoms with Gasteiger partial charge in [-0.05, 0) is 35.7 Å². The quantitative estimate of drug-likeness (QED) is 0.135. The zero-order chi connectivity index (χ0) is 34.8. The van der Waals surface area contributed by atoms with Crippen LogP contribution in [0.25, 0.3) is 10.9 Å². The first-order valence-electron chi connectivity index (χ1n) is 16.1. The third kappa shape index (κ3) is 9.07. The molecule has 0 aliphatic carbocycles. The highest BCUT2D eigenvalue weighted by Gasteiger charge is 2.31. The molecule has 0 spiro atoms. The summed E-state index contributed by atoms with van der Waals surface area (Å²) in [6, 6.07) is 33.3. The molecule has 4 N–H and O–H groups in total. The molecular weight excluding hydrogens is 618 g/mol. The van der Waals surface area contributed by atoms with Crippen LogP contribution in [0.2, 0.25) is 0 Å². The van der Waals surface area contributed by atoms with Gasteiger partial charge in [-0.1, -0.05) is 109 Å². The van der Waals surface area contributed by atoms with Crippen molar-refractivity contribution < 1.29 is 24.0 Å². The summed E-state index contributed by atoms with van der Waals surface area (Å²) in [6.45, 7) is 1.68. The van der Waals surface area contributed by atoms with Crippen molar-refractivity contribution in [2.75, 3.05) is 0 Å². The van der Waals surface area contributed by atoms with Crippen LogP contribution in [0.15, 0.2) is 121 Å². The number of carbonyl (C=O) groups excluding carboxylic acids is 5. The lowest BCUT2D eigenvalue weighted by Gasteiger charge is -2.24. The molecule has 0 unspecified atom stereocenters. The van der Waals surface area contributed by atoms with Gasteiger partial charge in [0.2, 0.25) is 17.6 Å². The first kappa shape index (κ1) is 34.3. The zero-order valence-electron chi connectivity index (χ0n) is 27.4. The minimum Gasteiger partial charge on any atom is -0.345 e. The summed E-state index contributed by atoms with van der Waals surface area (Å²) in [5.41, 5.74) is 3.58. The summed E-state index contributed by atoms with van der Waals surface area (Å²) in [5.74, 6) is -3.32. The van der Waals surface area contributed by atoms with Crippen molar-refractivity contribution in [3.05, 3.63) is 144 Å². The first-order chi connectivity index (χ1) is 23.7. The van der Waals surface area contributed by atoms with E-state index in [-0.39, 0.29) is 19.4 Å². The SMILES string of the molecule is C[C@H](NC(=O)c1cc2ccccc2n1C)C(=O)N[C@@H](Cc1ccccc1)C(=O)N[C@@H](Cc1ccccc1)C(=O)C(=O)NCc1ccccc1. The molecule has 0 fully saturated rings. The summed E-state index contributed by atoms with van der Waals surface area (Å²) in [5, 5.41) is 11.8. The number of amides is 4. The molecule has 0 bridgehead atoms. The Balaban J connectivity index is 1.31. The number of nitrogens with one attached hydrogen (secondary N) is 4. The molecule has 3 atom stereocenters. The summed E-state index contributed by atoms with van der Waals surface area (Å²) < 4.78 is 1.75. The minimum atomic E-state index is -1.20. The Kier molecular flexibility index (Phi) is 11.3. The van der Waals surface area contributed by atoms with Crippen LogP contribution in [0, 0.1) is 0 Å². The number of hydrogen-bond acceptors (Lipinski definition) is 5. The van der Waals surface area contributed by atoms with E-state index in [1.54, 1.807) is 41.9 Å². The second kappa shape index (κ2) is 16.2. The van der Waals surface area contributed by atoms with E-state index in [1.165, 1.54) is 6.92 Å². The van der Waals surface area contributed by atoms with Crippen molar-refractivity contribution in [1.29, 1.82) is 0 Å². The predicted octanol–water partition coefficient (Wildman–Crippen LogP) is 3.64. The van der Waals surface area contributed by atoms with Gasteiger partial charge in [-0.25, -0.2) is 0 Å². The number of para-hydroxylation sites is 1. The Hall–Kier alpha value is -6.03. The van der Waals surface area contributed by atoms with Crippen LogP contribution in [-0.4, -0.2) is 52.1 Å². The van der Waals surface area contributed by atoms with Crippen LogP contribution in [0.3, 0.4) is 0 Å². The molecule has 4 amide bonds. The Bertz CT molecular complexity index is 1930. The Morgan fingerprint density at radius 2 is 1.12 bits per heavy atom. The fourth-order valence-electron chi connectivity index (χ4n) is 5.55. The van der Waals surface area contributed by atoms with E-state index in [9.17, 15) is 24.0 Å². The van der Waals surface area contributed by atoms with Crippen LogP contribution in [0.5, 0.6) is 0 Å². The van der Waals surface area contributed by atoms with Gasteiger partial charge in [0.05, 0.1) is 0 Å². The van der Waals surface area contributed by atoms with Gasteiger partial charge in [0.1, 0.15) is 23.8 Å². The maximum Gasteiger partial charge on any atom is 0.289 e. The number of rotatable bonds is 14. The van der Waals surface area contributed by atoms with E-state index in [0.29, 0.717) is 5.69 Å². The van der Waals surface area contributed by atoms with E-state index >= 15 is 0 Å². The molecule has 0 aliphatic rings. The van der Waals surface area contributed by atoms with Gasteiger partial charge in [-0.15, -0.1) is 0 Å². The fraction of sp³-hybridized carbons (Fsp3) is 0.205. The van der Waals surface area contributed by atoms with Gasteiger partial charge in [-0.3, -0.25) is 24.0 Å². The number of nitrogens with zero attached hydrogens (tertiary/aromatic N) is 1. The molecule has 0 radical (unpaired) electrons. The molecular formula is C39H39N5O5. The largest absolute Gasteiger partial charge is 0.345 e. The molecule has 5 rings (SSSR count). The fourth-order valence-corrected chi connectivity index (χ4v) is 5.55. The number of ketones is 1. The van der Waals surface area contributed by atoms with Gasteiger partial charge >= 0.3 is 0 Å². The molecule has 0 aliphatic heterocycles. The summed E-state index contributed by atoms with van der Waals surface area (Å²) in [6.07, 6.45) is 0.169. The number of hydrogen-bond donors (Lipinski definition) is 4. The lowest BCUT2D eigenvalue weighted by molar-refractivity contribution is -0.140. The third-order valence-corrected chi connectivity index (χ3v) is 8.28. The van der Waals surface area contributed by atoms with E-state index in [4.69, 9.17) is 0 Å². The number of carbonyl (C=O) groups is 5. The maximum atomic E-state index is 13.9. The van der Waals surface area contributed by atoms with Crippen molar-refractivity contribution in [3.8, 4) is 0 Å². The molecule has 250 valence electrons. The zero-order valence-corrected chi connectivity index (χ0v) is 27.4. The summed E-state index contributed by atoms with van der Waals surface area (Å²) in [4.78, 5) is 67.1. The van der Waals surface area contributed by atoms with Crippen molar-refractivity contribution >= 4 is 40.3 Å². The molecule has 4 aromatic carbocycles. The highest BCUT2D eigenvalue weighted by Crippen LogP contribution is 2.18. The Morgan fingerprint density at radius 1 is 0.612 bits per heavy atom. The smallest absolute Gasteiger partial charge is 0.289 e. The summed E-state index contributed by atoms with van der Waals surface area (Å²) in [7, 11) is 1.78. The Morgan fingerprint density at radius 3 is 1.71 bits per heavy atom. The number of aryl methyl sites for hydroxylation is 1. The van der Waals surface area contributed by atoms with E-state index in [2.05, 4.69) is 21.3 Å². The molecule has 49 heavy (non-hydrogen) atoms. The van der Waals surface area contributed by atoms with Crippen molar-refractivity contribution in [2.45, 2.75) is 44.4 Å². The second-order valence-electron chi connectivity index (χ2n) is 11.9. The van der Waals surface area contributed by atoms with Gasteiger partial charge in [0, 0.05) is 37.3 Å². The van der Waals surface area contributed by atoms with Gasteiger partial charge in [0.15, 0.2) is 0 Å². The maximum absolute atomic E-state index is 13.9. The van der Waals surface area contributed by atoms with Crippen molar-refractivity contribution in [2.24, 2.45) is 7.05 Å². The summed E-state index contributed by atoms with van der Waals surface area (Å²) >= 11 is 0. The molecule has 5 aromatic rings. The highest BCUT2D eigenvalue weighted by atomic mass is 16.2. The van der Waals surface area contributed by atoms with Crippen LogP contribution in [-0.2, 0) is 45.6 Å². The van der Waals surface area contributed by atoms with E-state index in [0.717, 1.165) is 27.6 Å². The van der Waals surface area contributed by atoms with Crippen molar-refractivity contribution in [1.82, 2.24) is 25.8 Å². The number of benzene rings is 4. The molecule has 1 aromatic heterocycles. The third-order valence-electron chi connectivity index (χ3n) is 8.28. The predicted molar refractivity (Wildman–Crippen MR) is 187 cm³/mol. The van der Waals surface area contributed by atoms with Crippen LogP contribution in [0.4, 0.5) is 0 Å². The van der Waals surface area contributed by atoms with Crippen molar-refractivity contribution in [3.63, 3.8) is 0 Å². The second-order valence-corrected chi connectivity index (χ2v) is 11.9. The van der Waals surface area contributed by atoms with Gasteiger partial charge in [0.25, 0.3) is 11.8 Å². The molecule has 10 heteroatoms. The van der Waals surface area contributed by atoms with Crippen LogP contribution < -0.4 is 21.3 Å².